The molecule has 2 atom stereocenters. The summed E-state index contributed by atoms with van der Waals surface area (Å²) in [4.78, 5) is 10.8. The van der Waals surface area contributed by atoms with Crippen molar-refractivity contribution in [2.24, 2.45) is 0 Å². The molecule has 1 aromatic rings. The van der Waals surface area contributed by atoms with Crippen LogP contribution in [0.15, 0.2) is 24.3 Å². The smallest absolute Gasteiger partial charge is 0.320 e. The molecule has 5 heteroatoms. The molecule has 0 fully saturated rings. The summed E-state index contributed by atoms with van der Waals surface area (Å²) < 4.78 is 4.62. The molecule has 0 spiro atoms. The summed E-state index contributed by atoms with van der Waals surface area (Å²) >= 11 is 9.17. The van der Waals surface area contributed by atoms with Crippen molar-refractivity contribution in [3.05, 3.63) is 34.9 Å². The third-order valence-corrected chi connectivity index (χ3v) is 3.34. The largest absolute Gasteiger partial charge is 0.468 e. The van der Waals surface area contributed by atoms with Gasteiger partial charge in [-0.05, 0) is 24.6 Å². The molecule has 94 valence electrons. The molecule has 1 N–H and O–H groups in total. The van der Waals surface area contributed by atoms with E-state index < -0.39 is 0 Å². The summed E-state index contributed by atoms with van der Waals surface area (Å²) in [6.45, 7) is 2.52. The van der Waals surface area contributed by atoms with Gasteiger partial charge in [0.05, 0.1) is 7.11 Å². The summed E-state index contributed by atoms with van der Waals surface area (Å²) in [5, 5.41) is 3.94. The Labute approximate surface area is 115 Å². The Balaban J connectivity index is 2.50. The molecule has 0 saturated carbocycles. The molecule has 0 aliphatic rings. The Kier molecular flexibility index (Phi) is 5.95. The van der Waals surface area contributed by atoms with Gasteiger partial charge in [0.2, 0.25) is 0 Å². The second-order valence-electron chi connectivity index (χ2n) is 3.68. The van der Waals surface area contributed by atoms with Gasteiger partial charge in [-0.3, -0.25) is 4.79 Å². The van der Waals surface area contributed by atoms with Crippen LogP contribution in [0.4, 0.5) is 0 Å². The zero-order valence-electron chi connectivity index (χ0n) is 9.74. The Bertz CT molecular complexity index is 387. The summed E-state index contributed by atoms with van der Waals surface area (Å²) in [6.07, 6.45) is 0. The maximum Gasteiger partial charge on any atom is 0.320 e. The minimum Gasteiger partial charge on any atom is -0.468 e. The van der Waals surface area contributed by atoms with E-state index in [2.05, 4.69) is 26.0 Å². The highest BCUT2D eigenvalue weighted by molar-refractivity contribution is 9.10. The maximum absolute atomic E-state index is 11.2. The van der Waals surface area contributed by atoms with Crippen LogP contribution in [-0.2, 0) is 9.53 Å². The van der Waals surface area contributed by atoms with E-state index in [4.69, 9.17) is 11.6 Å². The molecular weight excluding hydrogens is 305 g/mol. The van der Waals surface area contributed by atoms with E-state index >= 15 is 0 Å². The number of rotatable bonds is 5. The molecule has 0 heterocycles. The van der Waals surface area contributed by atoms with Crippen molar-refractivity contribution in [3.63, 3.8) is 0 Å². The highest BCUT2D eigenvalue weighted by Gasteiger charge is 2.16. The van der Waals surface area contributed by atoms with Crippen LogP contribution in [-0.4, -0.2) is 24.5 Å². The summed E-state index contributed by atoms with van der Waals surface area (Å²) in [7, 11) is 1.37. The number of ether oxygens (including phenoxy) is 1. The lowest BCUT2D eigenvalue weighted by atomic mass is 10.1. The molecule has 1 rings (SSSR count). The Morgan fingerprint density at radius 1 is 1.59 bits per heavy atom. The standard InChI is InChI=1S/C12H15BrClNO2/c1-8(9-4-3-5-10(14)6-9)15-7-11(13)12(16)17-2/h3-6,8,11,15H,7H2,1-2H3. The number of carbonyl (C=O) groups excluding carboxylic acids is 1. The minimum atomic E-state index is -0.339. The summed E-state index contributed by atoms with van der Waals surface area (Å²) in [5.74, 6) is -0.282. The van der Waals surface area contributed by atoms with Crippen LogP contribution in [0, 0.1) is 0 Å². The monoisotopic (exact) mass is 319 g/mol. The fourth-order valence-corrected chi connectivity index (χ4v) is 1.96. The molecule has 0 saturated heterocycles. The van der Waals surface area contributed by atoms with Crippen molar-refractivity contribution >= 4 is 33.5 Å². The van der Waals surface area contributed by atoms with Crippen LogP contribution in [0.3, 0.4) is 0 Å². The fourth-order valence-electron chi connectivity index (χ4n) is 1.39. The fraction of sp³-hybridized carbons (Fsp3) is 0.417. The van der Waals surface area contributed by atoms with Crippen molar-refractivity contribution in [3.8, 4) is 0 Å². The number of benzene rings is 1. The number of hydrogen-bond donors (Lipinski definition) is 1. The molecule has 0 amide bonds. The maximum atomic E-state index is 11.2. The molecule has 0 aromatic heterocycles. The van der Waals surface area contributed by atoms with Gasteiger partial charge in [-0.1, -0.05) is 39.7 Å². The van der Waals surface area contributed by atoms with Crippen molar-refractivity contribution < 1.29 is 9.53 Å². The van der Waals surface area contributed by atoms with Crippen molar-refractivity contribution in [1.29, 1.82) is 0 Å². The van der Waals surface area contributed by atoms with E-state index in [1.54, 1.807) is 0 Å². The van der Waals surface area contributed by atoms with E-state index in [9.17, 15) is 4.79 Å². The first kappa shape index (κ1) is 14.5. The third kappa shape index (κ3) is 4.66. The number of esters is 1. The normalized spacial score (nSPS) is 14.1. The number of hydrogen-bond acceptors (Lipinski definition) is 3. The number of methoxy groups -OCH3 is 1. The van der Waals surface area contributed by atoms with Crippen LogP contribution in [0.1, 0.15) is 18.5 Å². The van der Waals surface area contributed by atoms with Gasteiger partial charge in [0.25, 0.3) is 0 Å². The van der Waals surface area contributed by atoms with Gasteiger partial charge in [0.1, 0.15) is 4.83 Å². The van der Waals surface area contributed by atoms with E-state index in [1.807, 2.05) is 31.2 Å². The highest BCUT2D eigenvalue weighted by Crippen LogP contribution is 2.17. The van der Waals surface area contributed by atoms with Gasteiger partial charge in [0.15, 0.2) is 0 Å². The SMILES string of the molecule is COC(=O)C(Br)CNC(C)c1cccc(Cl)c1. The van der Waals surface area contributed by atoms with Crippen molar-refractivity contribution in [1.82, 2.24) is 5.32 Å². The summed E-state index contributed by atoms with van der Waals surface area (Å²) in [5.41, 5.74) is 1.09. The van der Waals surface area contributed by atoms with Crippen molar-refractivity contribution in [2.75, 3.05) is 13.7 Å². The van der Waals surface area contributed by atoms with Crippen LogP contribution in [0.25, 0.3) is 0 Å². The molecule has 2 unspecified atom stereocenters. The third-order valence-electron chi connectivity index (χ3n) is 2.41. The lowest BCUT2D eigenvalue weighted by Gasteiger charge is -2.16. The summed E-state index contributed by atoms with van der Waals surface area (Å²) in [6, 6.07) is 7.76. The quantitative estimate of drug-likeness (QED) is 0.669. The second kappa shape index (κ2) is 6.99. The number of halogens is 2. The Hall–Kier alpha value is -0.580. The van der Waals surface area contributed by atoms with E-state index in [-0.39, 0.29) is 16.8 Å². The van der Waals surface area contributed by atoms with Crippen LogP contribution < -0.4 is 5.32 Å². The van der Waals surface area contributed by atoms with Crippen LogP contribution in [0.5, 0.6) is 0 Å². The molecule has 3 nitrogen and oxygen atoms in total. The van der Waals surface area contributed by atoms with Crippen LogP contribution in [0.2, 0.25) is 5.02 Å². The van der Waals surface area contributed by atoms with Gasteiger partial charge in [-0.15, -0.1) is 0 Å². The predicted octanol–water partition coefficient (Wildman–Crippen LogP) is 2.93. The van der Waals surface area contributed by atoms with Gasteiger partial charge in [-0.25, -0.2) is 0 Å². The number of alkyl halides is 1. The molecule has 1 aromatic carbocycles. The van der Waals surface area contributed by atoms with E-state index in [0.717, 1.165) is 5.56 Å². The lowest BCUT2D eigenvalue weighted by molar-refractivity contribution is -0.139. The first-order valence-corrected chi connectivity index (χ1v) is 6.54. The average molecular weight is 321 g/mol. The first-order valence-electron chi connectivity index (χ1n) is 5.25. The van der Waals surface area contributed by atoms with E-state index in [1.165, 1.54) is 7.11 Å². The zero-order valence-corrected chi connectivity index (χ0v) is 12.1. The molecule has 0 radical (unpaired) electrons. The Morgan fingerprint density at radius 3 is 2.88 bits per heavy atom. The topological polar surface area (TPSA) is 38.3 Å². The van der Waals surface area contributed by atoms with E-state index in [0.29, 0.717) is 11.6 Å². The Morgan fingerprint density at radius 2 is 2.29 bits per heavy atom. The first-order chi connectivity index (χ1) is 8.04. The zero-order chi connectivity index (χ0) is 12.8. The molecule has 0 bridgehead atoms. The number of carbonyl (C=O) groups is 1. The molecular formula is C12H15BrClNO2. The van der Waals surface area contributed by atoms with Crippen molar-refractivity contribution in [2.45, 2.75) is 17.8 Å². The predicted molar refractivity (Wildman–Crippen MR) is 72.6 cm³/mol. The highest BCUT2D eigenvalue weighted by atomic mass is 79.9. The lowest BCUT2D eigenvalue weighted by Crippen LogP contribution is -2.31. The van der Waals surface area contributed by atoms with Gasteiger partial charge in [-0.2, -0.15) is 0 Å². The van der Waals surface area contributed by atoms with Crippen LogP contribution >= 0.6 is 27.5 Å². The van der Waals surface area contributed by atoms with Gasteiger partial charge >= 0.3 is 5.97 Å². The van der Waals surface area contributed by atoms with Gasteiger partial charge < -0.3 is 10.1 Å². The molecule has 17 heavy (non-hydrogen) atoms. The number of nitrogens with one attached hydrogen (secondary N) is 1. The average Bonchev–Trinajstić information content (AvgIpc) is 2.34. The molecule has 0 aliphatic carbocycles. The second-order valence-corrected chi connectivity index (χ2v) is 5.22. The molecule has 0 aliphatic heterocycles. The van der Waals surface area contributed by atoms with Gasteiger partial charge in [0, 0.05) is 17.6 Å². The minimum absolute atomic E-state index is 0.124.